The van der Waals surface area contributed by atoms with E-state index in [1.54, 1.807) is 0 Å². The monoisotopic (exact) mass is 392 g/mol. The van der Waals surface area contributed by atoms with Gasteiger partial charge in [-0.3, -0.25) is 14.6 Å². The molecule has 0 radical (unpaired) electrons. The minimum absolute atomic E-state index is 0.0494. The molecule has 1 aliphatic rings. The van der Waals surface area contributed by atoms with Crippen molar-refractivity contribution in [2.75, 3.05) is 25.0 Å². The Morgan fingerprint density at radius 2 is 2.00 bits per heavy atom. The quantitative estimate of drug-likeness (QED) is 0.717. The second kappa shape index (κ2) is 8.31. The second-order valence-electron chi connectivity index (χ2n) is 7.72. The summed E-state index contributed by atoms with van der Waals surface area (Å²) in [6, 6.07) is 10.1. The van der Waals surface area contributed by atoms with Gasteiger partial charge in [0, 0.05) is 55.5 Å². The smallest absolute Gasteiger partial charge is 0.130 e. The normalized spacial score (nSPS) is 17.4. The highest BCUT2D eigenvalue weighted by molar-refractivity contribution is 5.57. The van der Waals surface area contributed by atoms with Gasteiger partial charge in [0.25, 0.3) is 0 Å². The van der Waals surface area contributed by atoms with Crippen molar-refractivity contribution in [1.82, 2.24) is 24.6 Å². The topological polar surface area (TPSA) is 68.1 Å². The molecule has 7 nitrogen and oxygen atoms in total. The van der Waals surface area contributed by atoms with Crippen molar-refractivity contribution in [1.29, 1.82) is 0 Å². The number of morpholine rings is 1. The molecule has 4 rings (SSSR count). The molecule has 1 fully saturated rings. The number of ether oxygens (including phenoxy) is 1. The van der Waals surface area contributed by atoms with E-state index in [4.69, 9.17) is 9.72 Å². The van der Waals surface area contributed by atoms with Crippen molar-refractivity contribution >= 4 is 11.5 Å². The van der Waals surface area contributed by atoms with Crippen LogP contribution in [0.25, 0.3) is 0 Å². The number of rotatable bonds is 5. The number of anilines is 2. The number of pyridine rings is 2. The van der Waals surface area contributed by atoms with Crippen LogP contribution in [0.5, 0.6) is 0 Å². The van der Waals surface area contributed by atoms with Gasteiger partial charge in [0.15, 0.2) is 0 Å². The fourth-order valence-electron chi connectivity index (χ4n) is 3.76. The number of hydrogen-bond acceptors (Lipinski definition) is 6. The number of aromatic nitrogens is 4. The zero-order chi connectivity index (χ0) is 20.4. The Morgan fingerprint density at radius 1 is 1.14 bits per heavy atom. The lowest BCUT2D eigenvalue weighted by molar-refractivity contribution is -0.0350. The van der Waals surface area contributed by atoms with E-state index in [0.717, 1.165) is 53.9 Å². The molecular formula is C22H28N6O. The summed E-state index contributed by atoms with van der Waals surface area (Å²) in [6.07, 6.45) is 2.05. The van der Waals surface area contributed by atoms with Gasteiger partial charge in [0.2, 0.25) is 0 Å². The van der Waals surface area contributed by atoms with Crippen LogP contribution in [0, 0.1) is 20.8 Å². The lowest BCUT2D eigenvalue weighted by Gasteiger charge is -2.32. The zero-order valence-electron chi connectivity index (χ0n) is 17.5. The Morgan fingerprint density at radius 3 is 2.76 bits per heavy atom. The summed E-state index contributed by atoms with van der Waals surface area (Å²) in [4.78, 5) is 11.7. The van der Waals surface area contributed by atoms with Crippen LogP contribution in [0.3, 0.4) is 0 Å². The van der Waals surface area contributed by atoms with E-state index in [1.165, 1.54) is 5.56 Å². The van der Waals surface area contributed by atoms with Crippen molar-refractivity contribution in [3.05, 3.63) is 64.9 Å². The Hall–Kier alpha value is -2.77. The third-order valence-corrected chi connectivity index (χ3v) is 5.12. The number of aryl methyl sites for hydroxylation is 4. The predicted octanol–water partition coefficient (Wildman–Crippen LogP) is 3.45. The van der Waals surface area contributed by atoms with Gasteiger partial charge in [-0.1, -0.05) is 6.07 Å². The van der Waals surface area contributed by atoms with Crippen LogP contribution in [0.1, 0.15) is 34.4 Å². The van der Waals surface area contributed by atoms with E-state index in [0.29, 0.717) is 6.61 Å². The summed E-state index contributed by atoms with van der Waals surface area (Å²) < 4.78 is 7.96. The number of nitrogens with zero attached hydrogens (tertiary/aromatic N) is 5. The highest BCUT2D eigenvalue weighted by atomic mass is 16.5. The van der Waals surface area contributed by atoms with Crippen LogP contribution in [-0.4, -0.2) is 44.3 Å². The summed E-state index contributed by atoms with van der Waals surface area (Å²) >= 11 is 0. The van der Waals surface area contributed by atoms with Gasteiger partial charge >= 0.3 is 0 Å². The van der Waals surface area contributed by atoms with Crippen molar-refractivity contribution in [3.8, 4) is 0 Å². The van der Waals surface area contributed by atoms with E-state index >= 15 is 0 Å². The zero-order valence-corrected chi connectivity index (χ0v) is 17.5. The maximum atomic E-state index is 6.08. The summed E-state index contributed by atoms with van der Waals surface area (Å²) in [5.74, 6) is 0.833. The fourth-order valence-corrected chi connectivity index (χ4v) is 3.76. The van der Waals surface area contributed by atoms with Crippen LogP contribution in [-0.2, 0) is 18.3 Å². The molecule has 1 atom stereocenters. The maximum Gasteiger partial charge on any atom is 0.130 e. The summed E-state index contributed by atoms with van der Waals surface area (Å²) in [7, 11) is 1.97. The lowest BCUT2D eigenvalue weighted by atomic mass is 10.1. The molecule has 152 valence electrons. The summed E-state index contributed by atoms with van der Waals surface area (Å²) in [6.45, 7) is 9.36. The van der Waals surface area contributed by atoms with Crippen molar-refractivity contribution in [3.63, 3.8) is 0 Å². The van der Waals surface area contributed by atoms with E-state index in [9.17, 15) is 0 Å². The van der Waals surface area contributed by atoms with Gasteiger partial charge in [-0.05, 0) is 45.0 Å². The molecule has 0 amide bonds. The van der Waals surface area contributed by atoms with Crippen LogP contribution in [0.2, 0.25) is 0 Å². The van der Waals surface area contributed by atoms with E-state index in [-0.39, 0.29) is 6.10 Å². The number of hydrogen-bond donors (Lipinski definition) is 1. The predicted molar refractivity (Wildman–Crippen MR) is 113 cm³/mol. The molecule has 1 N–H and O–H groups in total. The van der Waals surface area contributed by atoms with Crippen LogP contribution in [0.4, 0.5) is 11.5 Å². The SMILES string of the molecule is Cc1cccc(Nc2cc(C)nc([C@H]3CN(Cc4cn(C)nc4C)CCO3)c2)n1. The highest BCUT2D eigenvalue weighted by Gasteiger charge is 2.24. The molecule has 0 bridgehead atoms. The molecule has 3 aromatic heterocycles. The first-order valence-corrected chi connectivity index (χ1v) is 9.98. The lowest BCUT2D eigenvalue weighted by Crippen LogP contribution is -2.38. The minimum atomic E-state index is -0.0494. The molecular weight excluding hydrogens is 364 g/mol. The van der Waals surface area contributed by atoms with E-state index < -0.39 is 0 Å². The molecule has 0 spiro atoms. The van der Waals surface area contributed by atoms with Crippen LogP contribution >= 0.6 is 0 Å². The first-order valence-electron chi connectivity index (χ1n) is 9.98. The van der Waals surface area contributed by atoms with Gasteiger partial charge < -0.3 is 10.1 Å². The molecule has 1 saturated heterocycles. The molecule has 1 aliphatic heterocycles. The van der Waals surface area contributed by atoms with E-state index in [1.807, 2.05) is 49.8 Å². The number of nitrogens with one attached hydrogen (secondary N) is 1. The van der Waals surface area contributed by atoms with Gasteiger partial charge in [0.05, 0.1) is 18.0 Å². The molecule has 4 heterocycles. The third kappa shape index (κ3) is 4.81. The molecule has 7 heteroatoms. The second-order valence-corrected chi connectivity index (χ2v) is 7.72. The first-order chi connectivity index (χ1) is 14.0. The third-order valence-electron chi connectivity index (χ3n) is 5.12. The molecule has 0 saturated carbocycles. The van der Waals surface area contributed by atoms with Crippen molar-refractivity contribution in [2.24, 2.45) is 7.05 Å². The summed E-state index contributed by atoms with van der Waals surface area (Å²) in [5, 5.41) is 7.85. The average Bonchev–Trinajstić information content (AvgIpc) is 2.98. The summed E-state index contributed by atoms with van der Waals surface area (Å²) in [5.41, 5.74) is 6.22. The molecule has 0 aromatic carbocycles. The molecule has 0 unspecified atom stereocenters. The molecule has 3 aromatic rings. The molecule has 0 aliphatic carbocycles. The maximum absolute atomic E-state index is 6.08. The largest absolute Gasteiger partial charge is 0.369 e. The standard InChI is InChI=1S/C22H28N6O/c1-15-6-5-7-22(24-15)25-19-10-16(2)23-20(11-19)21-14-28(8-9-29-21)13-18-12-27(4)26-17(18)3/h5-7,10-12,21H,8-9,13-14H2,1-4H3,(H,23,24,25)/t21-/m1/s1. The minimum Gasteiger partial charge on any atom is -0.369 e. The van der Waals surface area contributed by atoms with Crippen molar-refractivity contribution in [2.45, 2.75) is 33.4 Å². The average molecular weight is 393 g/mol. The Balaban J connectivity index is 1.49. The van der Waals surface area contributed by atoms with E-state index in [2.05, 4.69) is 39.5 Å². The van der Waals surface area contributed by atoms with Crippen LogP contribution in [0.15, 0.2) is 36.5 Å². The van der Waals surface area contributed by atoms with Crippen LogP contribution < -0.4 is 5.32 Å². The van der Waals surface area contributed by atoms with Gasteiger partial charge in [-0.15, -0.1) is 0 Å². The Labute approximate surface area is 171 Å². The first kappa shape index (κ1) is 19.5. The highest BCUT2D eigenvalue weighted by Crippen LogP contribution is 2.26. The Bertz CT molecular complexity index is 999. The fraction of sp³-hybridized carbons (Fsp3) is 0.409. The van der Waals surface area contributed by atoms with Gasteiger partial charge in [-0.25, -0.2) is 4.98 Å². The van der Waals surface area contributed by atoms with Gasteiger partial charge in [0.1, 0.15) is 11.9 Å². The van der Waals surface area contributed by atoms with Crippen molar-refractivity contribution < 1.29 is 4.74 Å². The van der Waals surface area contributed by atoms with Gasteiger partial charge in [-0.2, -0.15) is 5.10 Å². The molecule has 29 heavy (non-hydrogen) atoms. The Kier molecular flexibility index (Phi) is 5.60.